The molecule has 1 aliphatic carbocycles. The Morgan fingerprint density at radius 1 is 1.44 bits per heavy atom. The van der Waals surface area contributed by atoms with Crippen LogP contribution < -0.4 is 0 Å². The van der Waals surface area contributed by atoms with Crippen LogP contribution in [-0.2, 0) is 20.3 Å². The fourth-order valence-electron chi connectivity index (χ4n) is 3.09. The minimum atomic E-state index is -1.10. The molecule has 1 spiro atoms. The van der Waals surface area contributed by atoms with E-state index in [9.17, 15) is 9.00 Å². The van der Waals surface area contributed by atoms with Crippen molar-refractivity contribution in [3.63, 3.8) is 0 Å². The van der Waals surface area contributed by atoms with Crippen molar-refractivity contribution < 1.29 is 18.8 Å². The molecule has 0 bridgehead atoms. The van der Waals surface area contributed by atoms with Gasteiger partial charge in [-0.2, -0.15) is 0 Å². The van der Waals surface area contributed by atoms with Crippen LogP contribution in [-0.4, -0.2) is 38.0 Å². The Kier molecular flexibility index (Phi) is 4.43. The van der Waals surface area contributed by atoms with Crippen LogP contribution in [0.25, 0.3) is 0 Å². The quantitative estimate of drug-likeness (QED) is 0.834. The molecule has 104 valence electrons. The number of carboxylic acids is 1. The molecular weight excluding hydrogens is 252 g/mol. The van der Waals surface area contributed by atoms with Gasteiger partial charge in [0.1, 0.15) is 0 Å². The van der Waals surface area contributed by atoms with Crippen molar-refractivity contribution in [2.45, 2.75) is 68.8 Å². The van der Waals surface area contributed by atoms with Crippen molar-refractivity contribution in [2.24, 2.45) is 0 Å². The normalized spacial score (nSPS) is 29.5. The van der Waals surface area contributed by atoms with Crippen molar-refractivity contribution in [3.8, 4) is 0 Å². The molecule has 0 aromatic heterocycles. The zero-order valence-corrected chi connectivity index (χ0v) is 11.7. The second-order valence-electron chi connectivity index (χ2n) is 5.62. The van der Waals surface area contributed by atoms with E-state index in [-0.39, 0.29) is 23.4 Å². The average Bonchev–Trinajstić information content (AvgIpc) is 2.89. The lowest BCUT2D eigenvalue weighted by atomic mass is 9.98. The second kappa shape index (κ2) is 5.70. The van der Waals surface area contributed by atoms with Crippen LogP contribution in [0.4, 0.5) is 0 Å². The van der Waals surface area contributed by atoms with Gasteiger partial charge in [0, 0.05) is 16.0 Å². The molecule has 1 saturated heterocycles. The third-order valence-electron chi connectivity index (χ3n) is 4.11. The topological polar surface area (TPSA) is 63.6 Å². The maximum Gasteiger partial charge on any atom is 0.304 e. The average molecular weight is 274 g/mol. The van der Waals surface area contributed by atoms with Gasteiger partial charge < -0.3 is 9.84 Å². The Hall–Kier alpha value is -0.420. The molecule has 1 saturated carbocycles. The van der Waals surface area contributed by atoms with E-state index >= 15 is 0 Å². The molecule has 2 rings (SSSR count). The van der Waals surface area contributed by atoms with E-state index in [2.05, 4.69) is 0 Å². The van der Waals surface area contributed by atoms with Gasteiger partial charge in [-0.25, -0.2) is 0 Å². The summed E-state index contributed by atoms with van der Waals surface area (Å²) < 4.78 is 18.1. The standard InChI is InChI=1S/C13H22O4S/c1-10(8-12(14)15)18(16)9-11-4-7-13(17-11)5-2-3-6-13/h10-11H,2-9H2,1H3,(H,14,15). The smallest absolute Gasteiger partial charge is 0.304 e. The summed E-state index contributed by atoms with van der Waals surface area (Å²) in [5.41, 5.74) is 0.0743. The Labute approximate surface area is 111 Å². The highest BCUT2D eigenvalue weighted by Crippen LogP contribution is 2.43. The van der Waals surface area contributed by atoms with E-state index in [0.29, 0.717) is 5.75 Å². The molecule has 0 aromatic rings. The van der Waals surface area contributed by atoms with E-state index < -0.39 is 16.8 Å². The van der Waals surface area contributed by atoms with Gasteiger partial charge in [-0.15, -0.1) is 0 Å². The first-order chi connectivity index (χ1) is 8.51. The lowest BCUT2D eigenvalue weighted by molar-refractivity contribution is -0.136. The van der Waals surface area contributed by atoms with E-state index in [1.807, 2.05) is 0 Å². The fourth-order valence-corrected chi connectivity index (χ4v) is 4.34. The molecule has 0 radical (unpaired) electrons. The van der Waals surface area contributed by atoms with Crippen LogP contribution >= 0.6 is 0 Å². The molecule has 1 N–H and O–H groups in total. The summed E-state index contributed by atoms with van der Waals surface area (Å²) >= 11 is 0. The lowest BCUT2D eigenvalue weighted by Gasteiger charge is -2.24. The van der Waals surface area contributed by atoms with E-state index in [1.165, 1.54) is 12.8 Å². The monoisotopic (exact) mass is 274 g/mol. The van der Waals surface area contributed by atoms with Crippen LogP contribution in [0.15, 0.2) is 0 Å². The zero-order chi connectivity index (χ0) is 13.2. The number of carbonyl (C=O) groups is 1. The van der Waals surface area contributed by atoms with Gasteiger partial charge >= 0.3 is 5.97 Å². The van der Waals surface area contributed by atoms with Gasteiger partial charge in [0.25, 0.3) is 0 Å². The maximum absolute atomic E-state index is 12.0. The van der Waals surface area contributed by atoms with Crippen LogP contribution in [0.1, 0.15) is 51.9 Å². The van der Waals surface area contributed by atoms with Gasteiger partial charge in [0.15, 0.2) is 0 Å². The molecule has 2 fully saturated rings. The summed E-state index contributed by atoms with van der Waals surface area (Å²) in [5, 5.41) is 8.41. The molecule has 0 amide bonds. The molecule has 3 atom stereocenters. The summed E-state index contributed by atoms with van der Waals surface area (Å²) in [6, 6.07) is 0. The second-order valence-corrected chi connectivity index (χ2v) is 7.52. The molecule has 2 aliphatic rings. The van der Waals surface area contributed by atoms with Crippen molar-refractivity contribution >= 4 is 16.8 Å². The number of hydrogen-bond acceptors (Lipinski definition) is 3. The third-order valence-corrected chi connectivity index (χ3v) is 5.88. The van der Waals surface area contributed by atoms with Gasteiger partial charge in [-0.1, -0.05) is 19.8 Å². The summed E-state index contributed by atoms with van der Waals surface area (Å²) in [4.78, 5) is 10.6. The van der Waals surface area contributed by atoms with E-state index in [0.717, 1.165) is 25.7 Å². The van der Waals surface area contributed by atoms with Crippen molar-refractivity contribution in [2.75, 3.05) is 5.75 Å². The first kappa shape index (κ1) is 14.0. The lowest BCUT2D eigenvalue weighted by Crippen LogP contribution is -2.29. The maximum atomic E-state index is 12.0. The van der Waals surface area contributed by atoms with Crippen molar-refractivity contribution in [3.05, 3.63) is 0 Å². The fraction of sp³-hybridized carbons (Fsp3) is 0.923. The van der Waals surface area contributed by atoms with Crippen LogP contribution in [0.2, 0.25) is 0 Å². The van der Waals surface area contributed by atoms with Crippen LogP contribution in [0, 0.1) is 0 Å². The van der Waals surface area contributed by atoms with Crippen LogP contribution in [0.5, 0.6) is 0 Å². The predicted octanol–water partition coefficient (Wildman–Crippen LogP) is 2.09. The summed E-state index contributed by atoms with van der Waals surface area (Å²) in [6.45, 7) is 1.74. The number of rotatable bonds is 5. The molecule has 18 heavy (non-hydrogen) atoms. The molecule has 4 nitrogen and oxygen atoms in total. The largest absolute Gasteiger partial charge is 0.481 e. The summed E-state index contributed by atoms with van der Waals surface area (Å²) in [5.74, 6) is -0.383. The number of aliphatic carboxylic acids is 1. The van der Waals surface area contributed by atoms with Gasteiger partial charge in [0.05, 0.1) is 23.9 Å². The molecule has 5 heteroatoms. The summed E-state index contributed by atoms with van der Waals surface area (Å²) in [7, 11) is -1.10. The minimum absolute atomic E-state index is 0.0233. The number of carboxylic acid groups (broad SMARTS) is 1. The molecule has 0 aromatic carbocycles. The number of hydrogen-bond donors (Lipinski definition) is 1. The van der Waals surface area contributed by atoms with Crippen molar-refractivity contribution in [1.29, 1.82) is 0 Å². The highest BCUT2D eigenvalue weighted by molar-refractivity contribution is 7.85. The molecular formula is C13H22O4S. The zero-order valence-electron chi connectivity index (χ0n) is 10.9. The van der Waals surface area contributed by atoms with Crippen molar-refractivity contribution in [1.82, 2.24) is 0 Å². The summed E-state index contributed by atoms with van der Waals surface area (Å²) in [6.07, 6.45) is 6.87. The minimum Gasteiger partial charge on any atom is -0.481 e. The first-order valence-corrected chi connectivity index (χ1v) is 8.16. The molecule has 1 aliphatic heterocycles. The van der Waals surface area contributed by atoms with Crippen LogP contribution in [0.3, 0.4) is 0 Å². The third kappa shape index (κ3) is 3.32. The highest BCUT2D eigenvalue weighted by atomic mass is 32.2. The van der Waals surface area contributed by atoms with Gasteiger partial charge in [-0.3, -0.25) is 9.00 Å². The van der Waals surface area contributed by atoms with E-state index in [4.69, 9.17) is 9.84 Å². The Balaban J connectivity index is 1.80. The first-order valence-electron chi connectivity index (χ1n) is 6.77. The molecule has 3 unspecified atom stereocenters. The van der Waals surface area contributed by atoms with Gasteiger partial charge in [-0.05, 0) is 25.7 Å². The predicted molar refractivity (Wildman–Crippen MR) is 70.0 cm³/mol. The highest BCUT2D eigenvalue weighted by Gasteiger charge is 2.42. The van der Waals surface area contributed by atoms with Gasteiger partial charge in [0.2, 0.25) is 0 Å². The number of ether oxygens (including phenoxy) is 1. The molecule has 1 heterocycles. The Morgan fingerprint density at radius 3 is 2.72 bits per heavy atom. The Bertz CT molecular complexity index is 336. The SMILES string of the molecule is CC(CC(=O)O)S(=O)CC1CCC2(CCCC2)O1. The van der Waals surface area contributed by atoms with E-state index in [1.54, 1.807) is 6.92 Å². The Morgan fingerprint density at radius 2 is 2.11 bits per heavy atom.